The van der Waals surface area contributed by atoms with E-state index in [2.05, 4.69) is 28.4 Å². The van der Waals surface area contributed by atoms with Crippen molar-refractivity contribution in [2.45, 2.75) is 62.9 Å². The SMILES string of the molecule is O=C(OCCCc1cc2c(o1)[C@H]1N3C(=O)CCC/C=C\[C@@H]3C[C@]13CNCC[C@H]23)c1ccccc1. The van der Waals surface area contributed by atoms with Gasteiger partial charge in [0.25, 0.3) is 0 Å². The second kappa shape index (κ2) is 8.73. The number of ether oxygens (including phenoxy) is 1. The van der Waals surface area contributed by atoms with Gasteiger partial charge in [-0.1, -0.05) is 30.4 Å². The van der Waals surface area contributed by atoms with Crippen LogP contribution in [0.5, 0.6) is 0 Å². The Labute approximate surface area is 200 Å². The quantitative estimate of drug-likeness (QED) is 0.403. The Hall–Kier alpha value is -2.86. The van der Waals surface area contributed by atoms with Gasteiger partial charge in [-0.2, -0.15) is 0 Å². The number of carbonyl (C=O) groups is 2. The molecule has 4 atom stereocenters. The first-order chi connectivity index (χ1) is 16.7. The molecule has 2 aromatic rings. The summed E-state index contributed by atoms with van der Waals surface area (Å²) < 4.78 is 11.9. The van der Waals surface area contributed by atoms with Crippen molar-refractivity contribution in [2.24, 2.45) is 5.41 Å². The van der Waals surface area contributed by atoms with Crippen LogP contribution >= 0.6 is 0 Å². The van der Waals surface area contributed by atoms with E-state index >= 15 is 0 Å². The van der Waals surface area contributed by atoms with Gasteiger partial charge < -0.3 is 19.4 Å². The van der Waals surface area contributed by atoms with E-state index in [1.54, 1.807) is 12.1 Å². The molecule has 1 spiro atoms. The summed E-state index contributed by atoms with van der Waals surface area (Å²) in [5, 5.41) is 3.63. The van der Waals surface area contributed by atoms with Gasteiger partial charge >= 0.3 is 5.97 Å². The summed E-state index contributed by atoms with van der Waals surface area (Å²) in [5.74, 6) is 2.35. The molecule has 4 heterocycles. The fourth-order valence-electron chi connectivity index (χ4n) is 6.80. The van der Waals surface area contributed by atoms with Crippen LogP contribution in [0.3, 0.4) is 0 Å². The topological polar surface area (TPSA) is 71.8 Å². The third-order valence-corrected chi connectivity index (χ3v) is 8.21. The highest BCUT2D eigenvalue weighted by atomic mass is 16.5. The fraction of sp³-hybridized carbons (Fsp3) is 0.500. The molecule has 2 saturated heterocycles. The van der Waals surface area contributed by atoms with Gasteiger partial charge in [0.1, 0.15) is 11.5 Å². The number of rotatable bonds is 5. The van der Waals surface area contributed by atoms with Gasteiger partial charge in [0.05, 0.1) is 24.3 Å². The largest absolute Gasteiger partial charge is 0.464 e. The van der Waals surface area contributed by atoms with E-state index in [0.29, 0.717) is 30.9 Å². The maximum absolute atomic E-state index is 13.3. The predicted octanol–water partition coefficient (Wildman–Crippen LogP) is 4.53. The smallest absolute Gasteiger partial charge is 0.338 e. The molecule has 6 rings (SSSR count). The second-order valence-electron chi connectivity index (χ2n) is 10.2. The van der Waals surface area contributed by atoms with E-state index in [-0.39, 0.29) is 29.4 Å². The van der Waals surface area contributed by atoms with Crippen molar-refractivity contribution >= 4 is 11.9 Å². The lowest BCUT2D eigenvalue weighted by atomic mass is 9.69. The molecule has 3 aliphatic heterocycles. The normalized spacial score (nSPS) is 30.5. The van der Waals surface area contributed by atoms with Crippen molar-refractivity contribution in [3.05, 3.63) is 71.2 Å². The lowest BCUT2D eigenvalue weighted by Gasteiger charge is -2.40. The summed E-state index contributed by atoms with van der Waals surface area (Å²) in [7, 11) is 0. The number of benzene rings is 1. The van der Waals surface area contributed by atoms with Gasteiger partial charge in [0.2, 0.25) is 5.91 Å². The highest BCUT2D eigenvalue weighted by Gasteiger charge is 2.64. The van der Waals surface area contributed by atoms with E-state index < -0.39 is 0 Å². The van der Waals surface area contributed by atoms with Crippen LogP contribution in [0.4, 0.5) is 0 Å². The minimum absolute atomic E-state index is 0.0187. The van der Waals surface area contributed by atoms with Gasteiger partial charge in [0, 0.05) is 24.8 Å². The van der Waals surface area contributed by atoms with Gasteiger partial charge in [-0.15, -0.1) is 0 Å². The molecule has 1 aromatic carbocycles. The molecule has 6 nitrogen and oxygen atoms in total. The van der Waals surface area contributed by atoms with Gasteiger partial charge in [-0.25, -0.2) is 4.79 Å². The highest BCUT2D eigenvalue weighted by Crippen LogP contribution is 2.66. The summed E-state index contributed by atoms with van der Waals surface area (Å²) in [4.78, 5) is 27.6. The summed E-state index contributed by atoms with van der Waals surface area (Å²) in [6.07, 6.45) is 10.6. The number of esters is 1. The Kier molecular flexibility index (Phi) is 5.56. The molecule has 0 bridgehead atoms. The predicted molar refractivity (Wildman–Crippen MR) is 127 cm³/mol. The number of fused-ring (bicyclic) bond motifs is 5. The van der Waals surface area contributed by atoms with E-state index in [1.807, 2.05) is 18.2 Å². The highest BCUT2D eigenvalue weighted by molar-refractivity contribution is 5.89. The molecule has 1 aromatic heterocycles. The monoisotopic (exact) mass is 460 g/mol. The lowest BCUT2D eigenvalue weighted by Crippen LogP contribution is -2.45. The molecule has 6 heteroatoms. The first-order valence-electron chi connectivity index (χ1n) is 12.7. The minimum atomic E-state index is -0.289. The molecule has 0 radical (unpaired) electrons. The van der Waals surface area contributed by atoms with Gasteiger partial charge in [0.15, 0.2) is 0 Å². The molecule has 4 aliphatic rings. The maximum atomic E-state index is 13.3. The number of piperidine rings is 1. The number of nitrogens with one attached hydrogen (secondary N) is 1. The zero-order valence-electron chi connectivity index (χ0n) is 19.5. The Morgan fingerprint density at radius 1 is 1.26 bits per heavy atom. The number of furan rings is 1. The Morgan fingerprint density at radius 2 is 2.15 bits per heavy atom. The molecular formula is C28H32N2O4. The number of amides is 1. The molecule has 34 heavy (non-hydrogen) atoms. The molecular weight excluding hydrogens is 428 g/mol. The van der Waals surface area contributed by atoms with Gasteiger partial charge in [-0.3, -0.25) is 4.79 Å². The van der Waals surface area contributed by atoms with Crippen LogP contribution in [-0.4, -0.2) is 42.5 Å². The fourth-order valence-corrected chi connectivity index (χ4v) is 6.80. The van der Waals surface area contributed by atoms with E-state index in [9.17, 15) is 9.59 Å². The second-order valence-corrected chi connectivity index (χ2v) is 10.2. The van der Waals surface area contributed by atoms with Crippen LogP contribution in [0.2, 0.25) is 0 Å². The van der Waals surface area contributed by atoms with Crippen LogP contribution in [0.1, 0.15) is 77.9 Å². The van der Waals surface area contributed by atoms with Crippen LogP contribution in [0, 0.1) is 5.41 Å². The van der Waals surface area contributed by atoms with Crippen LogP contribution < -0.4 is 5.32 Å². The number of aryl methyl sites for hydroxylation is 1. The molecule has 178 valence electrons. The number of hydrogen-bond donors (Lipinski definition) is 1. The van der Waals surface area contributed by atoms with Crippen molar-refractivity contribution in [1.29, 1.82) is 0 Å². The third kappa shape index (κ3) is 3.50. The van der Waals surface area contributed by atoms with Crippen LogP contribution in [-0.2, 0) is 16.0 Å². The average Bonchev–Trinajstić information content (AvgIpc) is 3.46. The molecule has 1 aliphatic carbocycles. The van der Waals surface area contributed by atoms with Crippen molar-refractivity contribution in [3.63, 3.8) is 0 Å². The lowest BCUT2D eigenvalue weighted by molar-refractivity contribution is -0.135. The van der Waals surface area contributed by atoms with Gasteiger partial charge in [-0.05, 0) is 68.3 Å². The Balaban J connectivity index is 1.20. The molecule has 2 fully saturated rings. The summed E-state index contributed by atoms with van der Waals surface area (Å²) >= 11 is 0. The first kappa shape index (κ1) is 21.7. The zero-order chi connectivity index (χ0) is 23.1. The van der Waals surface area contributed by atoms with Crippen LogP contribution in [0.15, 0.2) is 53.0 Å². The van der Waals surface area contributed by atoms with Crippen LogP contribution in [0.25, 0.3) is 0 Å². The molecule has 0 unspecified atom stereocenters. The molecule has 1 N–H and O–H groups in total. The molecule has 1 amide bonds. The Morgan fingerprint density at radius 3 is 3.03 bits per heavy atom. The van der Waals surface area contributed by atoms with Crippen molar-refractivity contribution < 1.29 is 18.7 Å². The zero-order valence-corrected chi connectivity index (χ0v) is 19.5. The summed E-state index contributed by atoms with van der Waals surface area (Å²) in [5.41, 5.74) is 1.91. The van der Waals surface area contributed by atoms with Crippen molar-refractivity contribution in [1.82, 2.24) is 10.2 Å². The minimum Gasteiger partial charge on any atom is -0.464 e. The van der Waals surface area contributed by atoms with Crippen molar-refractivity contribution in [3.8, 4) is 0 Å². The third-order valence-electron chi connectivity index (χ3n) is 8.21. The first-order valence-corrected chi connectivity index (χ1v) is 12.7. The molecule has 0 saturated carbocycles. The number of carbonyl (C=O) groups excluding carboxylic acids is 2. The average molecular weight is 461 g/mol. The maximum Gasteiger partial charge on any atom is 0.338 e. The standard InChI is InChI=1S/C28H32N2O4/c31-24-12-6-2-5-10-20-17-28-18-29-14-13-23(28)22-16-21(34-25(22)26(28)30(20)24)11-7-15-33-27(32)19-8-3-1-4-9-19/h1,3-5,8-10,16,20,23,26,29H,2,6-7,11-15,17-18H2/b10-5-/t20-,23-,26-,28-/m1/s1. The Bertz CT molecular complexity index is 1110. The summed E-state index contributed by atoms with van der Waals surface area (Å²) in [6.45, 7) is 2.30. The number of nitrogens with zero attached hydrogens (tertiary/aromatic N) is 1. The van der Waals surface area contributed by atoms with E-state index in [4.69, 9.17) is 9.15 Å². The number of allylic oxidation sites excluding steroid dienone is 1. The number of hydrogen-bond acceptors (Lipinski definition) is 5. The van der Waals surface area contributed by atoms with E-state index in [0.717, 1.165) is 56.7 Å². The van der Waals surface area contributed by atoms with Crippen molar-refractivity contribution in [2.75, 3.05) is 19.7 Å². The van der Waals surface area contributed by atoms with E-state index in [1.165, 1.54) is 5.56 Å². The summed E-state index contributed by atoms with van der Waals surface area (Å²) in [6, 6.07) is 11.5.